The van der Waals surface area contributed by atoms with Crippen molar-refractivity contribution < 1.29 is 18.3 Å². The molecule has 0 saturated carbocycles. The average Bonchev–Trinajstić information content (AvgIpc) is 2.78. The molecule has 0 fully saturated rings. The number of ether oxygens (including phenoxy) is 1. The van der Waals surface area contributed by atoms with Gasteiger partial charge in [-0.05, 0) is 35.0 Å². The van der Waals surface area contributed by atoms with Crippen LogP contribution in [0.1, 0.15) is 21.7 Å². The maximum absolute atomic E-state index is 13.4. The van der Waals surface area contributed by atoms with Crippen LogP contribution in [-0.4, -0.2) is 12.9 Å². The first-order valence-electron chi connectivity index (χ1n) is 5.16. The number of hydrogen-bond donors (Lipinski definition) is 0. The molecular formula is C13H10BrFO3. The van der Waals surface area contributed by atoms with Gasteiger partial charge in [-0.1, -0.05) is 0 Å². The Bertz CT molecular complexity index is 604. The van der Waals surface area contributed by atoms with Crippen LogP contribution in [0.4, 0.5) is 4.39 Å². The standard InChI is InChI=1S/C13H10BrFO3/c1-7-3-8(6-18-7)13(16)9-4-10(14)11(15)5-12(9)17-2/h3-6H,1-2H3. The molecular weight excluding hydrogens is 303 g/mol. The van der Waals surface area contributed by atoms with Gasteiger partial charge in [-0.25, -0.2) is 4.39 Å². The minimum Gasteiger partial charge on any atom is -0.496 e. The van der Waals surface area contributed by atoms with Gasteiger partial charge >= 0.3 is 0 Å². The van der Waals surface area contributed by atoms with Gasteiger partial charge in [-0.2, -0.15) is 0 Å². The molecule has 1 aromatic carbocycles. The predicted octanol–water partition coefficient (Wildman–Crippen LogP) is 3.73. The number of rotatable bonds is 3. The maximum Gasteiger partial charge on any atom is 0.200 e. The van der Waals surface area contributed by atoms with Crippen LogP contribution in [0.3, 0.4) is 0 Å². The number of carbonyl (C=O) groups excluding carboxylic acids is 1. The third-order valence-electron chi connectivity index (χ3n) is 2.48. The number of halogens is 2. The summed E-state index contributed by atoms with van der Waals surface area (Å²) in [5.74, 6) is 0.0780. The molecule has 0 bridgehead atoms. The van der Waals surface area contributed by atoms with Crippen LogP contribution in [0.25, 0.3) is 0 Å². The Morgan fingerprint density at radius 3 is 2.67 bits per heavy atom. The summed E-state index contributed by atoms with van der Waals surface area (Å²) in [5.41, 5.74) is 0.691. The maximum atomic E-state index is 13.4. The van der Waals surface area contributed by atoms with E-state index in [9.17, 15) is 9.18 Å². The molecule has 3 nitrogen and oxygen atoms in total. The van der Waals surface area contributed by atoms with E-state index in [1.807, 2.05) is 0 Å². The summed E-state index contributed by atoms with van der Waals surface area (Å²) in [5, 5.41) is 0. The minimum absolute atomic E-state index is 0.194. The van der Waals surface area contributed by atoms with Crippen molar-refractivity contribution >= 4 is 21.7 Å². The van der Waals surface area contributed by atoms with Gasteiger partial charge in [0.05, 0.1) is 22.7 Å². The van der Waals surface area contributed by atoms with E-state index in [0.717, 1.165) is 0 Å². The molecule has 5 heteroatoms. The molecule has 1 aromatic heterocycles. The molecule has 0 unspecified atom stereocenters. The zero-order chi connectivity index (χ0) is 13.3. The second-order valence-electron chi connectivity index (χ2n) is 3.74. The summed E-state index contributed by atoms with van der Waals surface area (Å²) in [6.07, 6.45) is 1.37. The van der Waals surface area contributed by atoms with Crippen molar-refractivity contribution in [1.29, 1.82) is 0 Å². The zero-order valence-electron chi connectivity index (χ0n) is 9.79. The molecule has 1 heterocycles. The number of methoxy groups -OCH3 is 1. The first kappa shape index (κ1) is 12.8. The molecule has 0 radical (unpaired) electrons. The van der Waals surface area contributed by atoms with E-state index in [-0.39, 0.29) is 21.6 Å². The molecule has 0 aliphatic rings. The van der Waals surface area contributed by atoms with E-state index >= 15 is 0 Å². The number of aryl methyl sites for hydroxylation is 1. The Balaban J connectivity index is 2.50. The zero-order valence-corrected chi connectivity index (χ0v) is 11.4. The van der Waals surface area contributed by atoms with Crippen LogP contribution in [0.2, 0.25) is 0 Å². The Morgan fingerprint density at radius 2 is 2.11 bits per heavy atom. The fourth-order valence-corrected chi connectivity index (χ4v) is 1.94. The van der Waals surface area contributed by atoms with Crippen molar-refractivity contribution in [3.63, 3.8) is 0 Å². The normalized spacial score (nSPS) is 10.4. The van der Waals surface area contributed by atoms with E-state index in [2.05, 4.69) is 15.9 Å². The van der Waals surface area contributed by atoms with Crippen LogP contribution in [-0.2, 0) is 0 Å². The highest BCUT2D eigenvalue weighted by molar-refractivity contribution is 9.10. The lowest BCUT2D eigenvalue weighted by molar-refractivity contribution is 0.103. The predicted molar refractivity (Wildman–Crippen MR) is 67.5 cm³/mol. The van der Waals surface area contributed by atoms with Crippen molar-refractivity contribution in [1.82, 2.24) is 0 Å². The Morgan fingerprint density at radius 1 is 1.39 bits per heavy atom. The van der Waals surface area contributed by atoms with Crippen molar-refractivity contribution in [2.75, 3.05) is 7.11 Å². The molecule has 0 atom stereocenters. The first-order chi connectivity index (χ1) is 8.52. The van der Waals surface area contributed by atoms with Crippen molar-refractivity contribution in [3.8, 4) is 5.75 Å². The summed E-state index contributed by atoms with van der Waals surface area (Å²) < 4.78 is 23.7. The first-order valence-corrected chi connectivity index (χ1v) is 5.95. The van der Waals surface area contributed by atoms with Gasteiger partial charge in [0.15, 0.2) is 5.78 Å². The number of benzene rings is 1. The second kappa shape index (κ2) is 4.94. The third-order valence-corrected chi connectivity index (χ3v) is 3.09. The molecule has 0 amide bonds. The van der Waals surface area contributed by atoms with Gasteiger partial charge < -0.3 is 9.15 Å². The second-order valence-corrected chi connectivity index (χ2v) is 4.60. The Hall–Kier alpha value is -1.62. The van der Waals surface area contributed by atoms with Crippen LogP contribution >= 0.6 is 15.9 Å². The van der Waals surface area contributed by atoms with Crippen LogP contribution in [0.15, 0.2) is 33.4 Å². The van der Waals surface area contributed by atoms with Gasteiger partial charge in [0, 0.05) is 6.07 Å². The van der Waals surface area contributed by atoms with Gasteiger partial charge in [0.25, 0.3) is 0 Å². The highest BCUT2D eigenvalue weighted by Gasteiger charge is 2.18. The summed E-state index contributed by atoms with van der Waals surface area (Å²) in [6.45, 7) is 1.74. The van der Waals surface area contributed by atoms with Crippen molar-refractivity contribution in [2.24, 2.45) is 0 Å². The van der Waals surface area contributed by atoms with E-state index in [4.69, 9.17) is 9.15 Å². The number of furan rings is 1. The van der Waals surface area contributed by atoms with E-state index in [1.165, 1.54) is 25.5 Å². The van der Waals surface area contributed by atoms with E-state index < -0.39 is 5.82 Å². The largest absolute Gasteiger partial charge is 0.496 e. The quantitative estimate of drug-likeness (QED) is 0.811. The Labute approximate surface area is 112 Å². The fraction of sp³-hybridized carbons (Fsp3) is 0.154. The molecule has 2 rings (SSSR count). The molecule has 0 saturated heterocycles. The topological polar surface area (TPSA) is 39.4 Å². The third kappa shape index (κ3) is 2.31. The van der Waals surface area contributed by atoms with Gasteiger partial charge in [-0.15, -0.1) is 0 Å². The molecule has 0 aliphatic carbocycles. The summed E-state index contributed by atoms with van der Waals surface area (Å²) in [6, 6.07) is 4.20. The summed E-state index contributed by atoms with van der Waals surface area (Å²) in [4.78, 5) is 12.2. The smallest absolute Gasteiger partial charge is 0.200 e. The molecule has 94 valence electrons. The van der Waals surface area contributed by atoms with Gasteiger partial charge in [0.1, 0.15) is 23.6 Å². The molecule has 0 N–H and O–H groups in total. The van der Waals surface area contributed by atoms with Crippen molar-refractivity contribution in [2.45, 2.75) is 6.92 Å². The van der Waals surface area contributed by atoms with E-state index in [1.54, 1.807) is 13.0 Å². The van der Waals surface area contributed by atoms with Crippen LogP contribution < -0.4 is 4.74 Å². The number of ketones is 1. The lowest BCUT2D eigenvalue weighted by Crippen LogP contribution is -2.03. The highest BCUT2D eigenvalue weighted by atomic mass is 79.9. The van der Waals surface area contributed by atoms with Crippen LogP contribution in [0.5, 0.6) is 5.75 Å². The van der Waals surface area contributed by atoms with Crippen LogP contribution in [0, 0.1) is 12.7 Å². The lowest BCUT2D eigenvalue weighted by atomic mass is 10.0. The fourth-order valence-electron chi connectivity index (χ4n) is 1.59. The SMILES string of the molecule is COc1cc(F)c(Br)cc1C(=O)c1coc(C)c1. The molecule has 0 spiro atoms. The van der Waals surface area contributed by atoms with Crippen molar-refractivity contribution in [3.05, 3.63) is 51.6 Å². The number of carbonyl (C=O) groups is 1. The summed E-state index contributed by atoms with van der Waals surface area (Å²) in [7, 11) is 1.39. The highest BCUT2D eigenvalue weighted by Crippen LogP contribution is 2.28. The van der Waals surface area contributed by atoms with Gasteiger partial charge in [-0.3, -0.25) is 4.79 Å². The minimum atomic E-state index is -0.480. The lowest BCUT2D eigenvalue weighted by Gasteiger charge is -2.07. The summed E-state index contributed by atoms with van der Waals surface area (Å²) >= 11 is 3.05. The van der Waals surface area contributed by atoms with Gasteiger partial charge in [0.2, 0.25) is 0 Å². The Kier molecular flexibility index (Phi) is 3.52. The molecule has 0 aliphatic heterocycles. The molecule has 2 aromatic rings. The average molecular weight is 313 g/mol. The van der Waals surface area contributed by atoms with E-state index in [0.29, 0.717) is 11.3 Å². The molecule has 18 heavy (non-hydrogen) atoms. The monoisotopic (exact) mass is 312 g/mol. The number of hydrogen-bond acceptors (Lipinski definition) is 3.